The molecule has 0 aliphatic carbocycles. The van der Waals surface area contributed by atoms with E-state index in [1.807, 2.05) is 6.07 Å². The molecular formula is C28H24ClN3O6S. The Balaban J connectivity index is 1.61. The number of thioether (sulfide) groups is 1. The molecule has 3 aromatic rings. The number of carbonyl (C=O) groups is 4. The molecule has 1 heterocycles. The van der Waals surface area contributed by atoms with Gasteiger partial charge in [0.25, 0.3) is 0 Å². The van der Waals surface area contributed by atoms with Gasteiger partial charge >= 0.3 is 11.9 Å². The van der Waals surface area contributed by atoms with Crippen LogP contribution in [-0.4, -0.2) is 50.8 Å². The summed E-state index contributed by atoms with van der Waals surface area (Å²) >= 11 is 7.45. The van der Waals surface area contributed by atoms with Crippen LogP contribution >= 0.6 is 23.4 Å². The average Bonchev–Trinajstić information content (AvgIpc) is 2.92. The summed E-state index contributed by atoms with van der Waals surface area (Å²) in [4.78, 5) is 55.8. The van der Waals surface area contributed by atoms with Gasteiger partial charge in [0, 0.05) is 17.1 Å². The Kier molecular flexibility index (Phi) is 9.00. The Morgan fingerprint density at radius 2 is 1.82 bits per heavy atom. The number of aliphatic imine (C=N–C) groups is 1. The maximum atomic E-state index is 13.3. The number of nitrogens with zero attached hydrogens (tertiary/aromatic N) is 2. The molecule has 2 N–H and O–H groups in total. The van der Waals surface area contributed by atoms with Crippen LogP contribution in [0.5, 0.6) is 0 Å². The molecular weight excluding hydrogens is 542 g/mol. The van der Waals surface area contributed by atoms with Crippen molar-refractivity contribution in [1.29, 1.82) is 0 Å². The number of hydrogen-bond acceptors (Lipinski definition) is 7. The van der Waals surface area contributed by atoms with Crippen LogP contribution in [0.2, 0.25) is 5.02 Å². The Bertz CT molecular complexity index is 1440. The standard InChI is InChI=1S/C28H24ClN3O6S/c1-2-38-27(37)17-10-12-20(13-11-17)31-28-32(16-19-6-3-4-9-22(19)29)24(33)15-23(39-28)25(34)30-21-8-5-7-18(14-21)26(35)36/h3-14,23H,2,15-16H2,1H3,(H,30,34)(H,35,36). The maximum absolute atomic E-state index is 13.3. The normalized spacial score (nSPS) is 16.2. The highest BCUT2D eigenvalue weighted by atomic mass is 35.5. The van der Waals surface area contributed by atoms with Crippen molar-refractivity contribution < 1.29 is 29.0 Å². The van der Waals surface area contributed by atoms with Gasteiger partial charge in [0.2, 0.25) is 11.8 Å². The fourth-order valence-corrected chi connectivity index (χ4v) is 5.04. The molecule has 2 amide bonds. The minimum atomic E-state index is -1.12. The molecule has 1 atom stereocenters. The smallest absolute Gasteiger partial charge is 0.338 e. The predicted octanol–water partition coefficient (Wildman–Crippen LogP) is 5.38. The third-order valence-corrected chi connectivity index (χ3v) is 7.26. The number of benzene rings is 3. The highest BCUT2D eigenvalue weighted by Gasteiger charge is 2.36. The number of amidine groups is 1. The molecule has 1 fully saturated rings. The number of carboxylic acid groups (broad SMARTS) is 1. The number of aromatic carboxylic acids is 1. The molecule has 1 saturated heterocycles. The molecule has 0 saturated carbocycles. The number of esters is 1. The summed E-state index contributed by atoms with van der Waals surface area (Å²) in [6, 6.07) is 19.4. The largest absolute Gasteiger partial charge is 0.478 e. The van der Waals surface area contributed by atoms with E-state index in [4.69, 9.17) is 16.3 Å². The molecule has 200 valence electrons. The van der Waals surface area contributed by atoms with Gasteiger partial charge in [-0.25, -0.2) is 14.6 Å². The second-order valence-electron chi connectivity index (χ2n) is 8.42. The average molecular weight is 566 g/mol. The summed E-state index contributed by atoms with van der Waals surface area (Å²) in [6.07, 6.45) is -0.0968. The van der Waals surface area contributed by atoms with Crippen molar-refractivity contribution in [3.05, 3.63) is 94.5 Å². The van der Waals surface area contributed by atoms with Gasteiger partial charge < -0.3 is 15.2 Å². The van der Waals surface area contributed by atoms with Crippen LogP contribution in [0.4, 0.5) is 11.4 Å². The van der Waals surface area contributed by atoms with Crippen LogP contribution < -0.4 is 5.32 Å². The topological polar surface area (TPSA) is 125 Å². The predicted molar refractivity (Wildman–Crippen MR) is 150 cm³/mol. The van der Waals surface area contributed by atoms with E-state index in [2.05, 4.69) is 10.3 Å². The molecule has 9 nitrogen and oxygen atoms in total. The number of halogens is 1. The third-order valence-electron chi connectivity index (χ3n) is 5.70. The van der Waals surface area contributed by atoms with Crippen LogP contribution in [0, 0.1) is 0 Å². The van der Waals surface area contributed by atoms with Gasteiger partial charge in [-0.05, 0) is 61.0 Å². The number of carboxylic acids is 1. The van der Waals surface area contributed by atoms with E-state index in [0.717, 1.165) is 11.8 Å². The zero-order valence-corrected chi connectivity index (χ0v) is 22.4. The van der Waals surface area contributed by atoms with Crippen molar-refractivity contribution in [3.63, 3.8) is 0 Å². The molecule has 0 bridgehead atoms. The first-order valence-electron chi connectivity index (χ1n) is 12.0. The quantitative estimate of drug-likeness (QED) is 0.351. The molecule has 4 rings (SSSR count). The minimum Gasteiger partial charge on any atom is -0.478 e. The highest BCUT2D eigenvalue weighted by molar-refractivity contribution is 8.15. The molecule has 1 aliphatic rings. The lowest BCUT2D eigenvalue weighted by molar-refractivity contribution is -0.129. The molecule has 3 aromatic carbocycles. The molecule has 0 radical (unpaired) electrons. The second-order valence-corrected chi connectivity index (χ2v) is 10.00. The zero-order chi connectivity index (χ0) is 27.9. The van der Waals surface area contributed by atoms with Gasteiger partial charge in [-0.2, -0.15) is 0 Å². The first kappa shape index (κ1) is 27.9. The van der Waals surface area contributed by atoms with Gasteiger partial charge in [-0.3, -0.25) is 14.5 Å². The van der Waals surface area contributed by atoms with Crippen molar-refractivity contribution >= 4 is 63.7 Å². The Morgan fingerprint density at radius 1 is 1.08 bits per heavy atom. The van der Waals surface area contributed by atoms with E-state index in [0.29, 0.717) is 27.5 Å². The van der Waals surface area contributed by atoms with Crippen LogP contribution in [-0.2, 0) is 20.9 Å². The number of rotatable bonds is 8. The molecule has 1 unspecified atom stereocenters. The van der Waals surface area contributed by atoms with Gasteiger partial charge in [0.15, 0.2) is 5.17 Å². The molecule has 11 heteroatoms. The number of carbonyl (C=O) groups excluding carboxylic acids is 3. The fraction of sp³-hybridized carbons (Fsp3) is 0.179. The van der Waals surface area contributed by atoms with Crippen LogP contribution in [0.15, 0.2) is 77.8 Å². The number of amides is 2. The lowest BCUT2D eigenvalue weighted by Gasteiger charge is -2.32. The Hall–Kier alpha value is -4.15. The molecule has 0 spiro atoms. The highest BCUT2D eigenvalue weighted by Crippen LogP contribution is 2.32. The second kappa shape index (κ2) is 12.6. The third kappa shape index (κ3) is 7.04. The van der Waals surface area contributed by atoms with E-state index in [1.165, 1.54) is 23.1 Å². The van der Waals surface area contributed by atoms with Crippen LogP contribution in [0.25, 0.3) is 0 Å². The monoisotopic (exact) mass is 565 g/mol. The van der Waals surface area contributed by atoms with Crippen LogP contribution in [0.1, 0.15) is 39.6 Å². The first-order chi connectivity index (χ1) is 18.7. The summed E-state index contributed by atoms with van der Waals surface area (Å²) in [6.45, 7) is 2.13. The van der Waals surface area contributed by atoms with E-state index in [-0.39, 0.29) is 36.2 Å². The van der Waals surface area contributed by atoms with Crippen molar-refractivity contribution in [1.82, 2.24) is 4.90 Å². The van der Waals surface area contributed by atoms with Gasteiger partial charge in [-0.15, -0.1) is 0 Å². The van der Waals surface area contributed by atoms with E-state index < -0.39 is 23.1 Å². The lowest BCUT2D eigenvalue weighted by atomic mass is 10.1. The molecule has 0 aromatic heterocycles. The lowest BCUT2D eigenvalue weighted by Crippen LogP contribution is -2.44. The van der Waals surface area contributed by atoms with E-state index in [9.17, 15) is 24.3 Å². The number of ether oxygens (including phenoxy) is 1. The van der Waals surface area contributed by atoms with E-state index >= 15 is 0 Å². The van der Waals surface area contributed by atoms with Crippen molar-refractivity contribution in [2.24, 2.45) is 4.99 Å². The minimum absolute atomic E-state index is 0.0274. The number of anilines is 1. The Morgan fingerprint density at radius 3 is 2.51 bits per heavy atom. The van der Waals surface area contributed by atoms with Crippen LogP contribution in [0.3, 0.4) is 0 Å². The van der Waals surface area contributed by atoms with Crippen molar-refractivity contribution in [3.8, 4) is 0 Å². The Labute approximate surface area is 233 Å². The summed E-state index contributed by atoms with van der Waals surface area (Å²) < 4.78 is 5.01. The van der Waals surface area contributed by atoms with Crippen molar-refractivity contribution in [2.75, 3.05) is 11.9 Å². The summed E-state index contributed by atoms with van der Waals surface area (Å²) in [5.74, 6) is -2.36. The van der Waals surface area contributed by atoms with Gasteiger partial charge in [0.05, 0.1) is 30.0 Å². The van der Waals surface area contributed by atoms with Gasteiger partial charge in [0.1, 0.15) is 5.25 Å². The summed E-state index contributed by atoms with van der Waals surface area (Å²) in [5.41, 5.74) is 1.88. The molecule has 39 heavy (non-hydrogen) atoms. The molecule has 1 aliphatic heterocycles. The number of hydrogen-bond donors (Lipinski definition) is 2. The summed E-state index contributed by atoms with van der Waals surface area (Å²) in [7, 11) is 0. The maximum Gasteiger partial charge on any atom is 0.338 e. The van der Waals surface area contributed by atoms with Crippen molar-refractivity contribution in [2.45, 2.75) is 25.1 Å². The van der Waals surface area contributed by atoms with E-state index in [1.54, 1.807) is 55.5 Å². The zero-order valence-electron chi connectivity index (χ0n) is 20.8. The fourth-order valence-electron chi connectivity index (χ4n) is 3.74. The van der Waals surface area contributed by atoms with Gasteiger partial charge in [-0.1, -0.05) is 47.6 Å². The SMILES string of the molecule is CCOC(=O)c1ccc(N=C2SC(C(=O)Nc3cccc(C(=O)O)c3)CC(=O)N2Cc2ccccc2Cl)cc1. The summed E-state index contributed by atoms with van der Waals surface area (Å²) in [5, 5.41) is 11.9. The number of nitrogens with one attached hydrogen (secondary N) is 1. The first-order valence-corrected chi connectivity index (χ1v) is 13.2.